The van der Waals surface area contributed by atoms with Crippen LogP contribution in [0.3, 0.4) is 0 Å². The van der Waals surface area contributed by atoms with Crippen molar-refractivity contribution in [1.29, 1.82) is 5.26 Å². The number of rotatable bonds is 2. The van der Waals surface area contributed by atoms with Crippen LogP contribution in [0, 0.1) is 11.3 Å². The molecule has 1 aromatic heterocycles. The van der Waals surface area contributed by atoms with Gasteiger partial charge in [0.2, 0.25) is 0 Å². The summed E-state index contributed by atoms with van der Waals surface area (Å²) in [6.45, 7) is 1.82. The highest BCUT2D eigenvalue weighted by molar-refractivity contribution is 7.85. The SMILES string of the molecule is N#Cc1ccnc([S@@](=O)C2CCNCC2)c1. The lowest BCUT2D eigenvalue weighted by Crippen LogP contribution is -2.33. The molecule has 1 atom stereocenters. The number of aromatic nitrogens is 1. The number of nitriles is 1. The van der Waals surface area contributed by atoms with Gasteiger partial charge in [0, 0.05) is 11.4 Å². The molecule has 0 spiro atoms. The van der Waals surface area contributed by atoms with Crippen molar-refractivity contribution < 1.29 is 4.21 Å². The first-order valence-electron chi connectivity index (χ1n) is 5.28. The molecule has 0 radical (unpaired) electrons. The average Bonchev–Trinajstić information content (AvgIpc) is 2.39. The normalized spacial score (nSPS) is 18.9. The van der Waals surface area contributed by atoms with Crippen LogP contribution in [0.4, 0.5) is 0 Å². The first kappa shape index (κ1) is 11.2. The molecule has 1 saturated heterocycles. The van der Waals surface area contributed by atoms with Crippen molar-refractivity contribution in [2.24, 2.45) is 0 Å². The van der Waals surface area contributed by atoms with E-state index < -0.39 is 10.8 Å². The molecule has 0 saturated carbocycles. The standard InChI is InChI=1S/C11H13N3OS/c12-8-9-1-6-14-11(7-9)16(15)10-2-4-13-5-3-10/h1,6-7,10,13H,2-5H2/t16-/m0/s1. The van der Waals surface area contributed by atoms with Gasteiger partial charge in [-0.2, -0.15) is 5.26 Å². The summed E-state index contributed by atoms with van der Waals surface area (Å²) in [7, 11) is -1.08. The molecule has 1 aliphatic heterocycles. The highest BCUT2D eigenvalue weighted by atomic mass is 32.2. The summed E-state index contributed by atoms with van der Waals surface area (Å²) >= 11 is 0. The Hall–Kier alpha value is -1.25. The number of hydrogen-bond acceptors (Lipinski definition) is 4. The molecule has 0 bridgehead atoms. The average molecular weight is 235 g/mol. The van der Waals surface area contributed by atoms with Crippen LogP contribution in [-0.2, 0) is 10.8 Å². The van der Waals surface area contributed by atoms with Gasteiger partial charge in [-0.15, -0.1) is 0 Å². The number of hydrogen-bond donors (Lipinski definition) is 1. The van der Waals surface area contributed by atoms with Gasteiger partial charge in [-0.3, -0.25) is 4.21 Å². The van der Waals surface area contributed by atoms with E-state index in [4.69, 9.17) is 5.26 Å². The summed E-state index contributed by atoms with van der Waals surface area (Å²) in [6.07, 6.45) is 3.36. The first-order chi connectivity index (χ1) is 7.81. The van der Waals surface area contributed by atoms with Gasteiger partial charge in [-0.05, 0) is 38.1 Å². The second-order valence-electron chi connectivity index (χ2n) is 3.74. The molecule has 0 unspecified atom stereocenters. The third-order valence-corrected chi connectivity index (χ3v) is 4.37. The summed E-state index contributed by atoms with van der Waals surface area (Å²) in [4.78, 5) is 4.09. The number of nitrogens with one attached hydrogen (secondary N) is 1. The Morgan fingerprint density at radius 1 is 1.50 bits per heavy atom. The van der Waals surface area contributed by atoms with Crippen molar-refractivity contribution in [3.63, 3.8) is 0 Å². The minimum Gasteiger partial charge on any atom is -0.317 e. The van der Waals surface area contributed by atoms with E-state index in [0.29, 0.717) is 10.6 Å². The van der Waals surface area contributed by atoms with E-state index >= 15 is 0 Å². The van der Waals surface area contributed by atoms with Gasteiger partial charge in [0.1, 0.15) is 5.03 Å². The van der Waals surface area contributed by atoms with Crippen LogP contribution in [0.15, 0.2) is 23.4 Å². The Labute approximate surface area is 97.2 Å². The highest BCUT2D eigenvalue weighted by Gasteiger charge is 2.21. The third kappa shape index (κ3) is 2.46. The van der Waals surface area contributed by atoms with Crippen LogP contribution in [0.5, 0.6) is 0 Å². The summed E-state index contributed by atoms with van der Waals surface area (Å²) in [5, 5.41) is 12.7. The molecule has 4 nitrogen and oxygen atoms in total. The summed E-state index contributed by atoms with van der Waals surface area (Å²) in [6, 6.07) is 5.29. The molecule has 0 aliphatic carbocycles. The molecule has 0 amide bonds. The Morgan fingerprint density at radius 3 is 2.94 bits per heavy atom. The molecule has 1 aliphatic rings. The van der Waals surface area contributed by atoms with E-state index in [2.05, 4.69) is 10.3 Å². The van der Waals surface area contributed by atoms with E-state index in [0.717, 1.165) is 25.9 Å². The predicted octanol–water partition coefficient (Wildman–Crippen LogP) is 0.813. The molecule has 2 heterocycles. The maximum absolute atomic E-state index is 12.2. The van der Waals surface area contributed by atoms with Crippen LogP contribution in [0.1, 0.15) is 18.4 Å². The Bertz CT molecular complexity index is 435. The summed E-state index contributed by atoms with van der Waals surface area (Å²) < 4.78 is 12.2. The fraction of sp³-hybridized carbons (Fsp3) is 0.455. The zero-order chi connectivity index (χ0) is 11.4. The topological polar surface area (TPSA) is 65.8 Å². The van der Waals surface area contributed by atoms with Gasteiger partial charge in [0.15, 0.2) is 0 Å². The third-order valence-electron chi connectivity index (χ3n) is 2.66. The summed E-state index contributed by atoms with van der Waals surface area (Å²) in [5.41, 5.74) is 0.521. The van der Waals surface area contributed by atoms with Crippen LogP contribution < -0.4 is 5.32 Å². The number of pyridine rings is 1. The largest absolute Gasteiger partial charge is 0.317 e. The smallest absolute Gasteiger partial charge is 0.128 e. The van der Waals surface area contributed by atoms with Crippen molar-refractivity contribution >= 4 is 10.8 Å². The Balaban J connectivity index is 2.16. The predicted molar refractivity (Wildman–Crippen MR) is 61.3 cm³/mol. The van der Waals surface area contributed by atoms with Gasteiger partial charge in [-0.25, -0.2) is 4.98 Å². The lowest BCUT2D eigenvalue weighted by atomic mass is 10.2. The zero-order valence-corrected chi connectivity index (χ0v) is 9.67. The van der Waals surface area contributed by atoms with Crippen LogP contribution >= 0.6 is 0 Å². The molecule has 16 heavy (non-hydrogen) atoms. The van der Waals surface area contributed by atoms with E-state index in [-0.39, 0.29) is 5.25 Å². The fourth-order valence-corrected chi connectivity index (χ4v) is 3.18. The Kier molecular flexibility index (Phi) is 3.65. The number of piperidine rings is 1. The van der Waals surface area contributed by atoms with Crippen molar-refractivity contribution in [2.75, 3.05) is 13.1 Å². The molecule has 5 heteroatoms. The van der Waals surface area contributed by atoms with Crippen molar-refractivity contribution in [3.8, 4) is 6.07 Å². The van der Waals surface area contributed by atoms with E-state index in [1.165, 1.54) is 0 Å². The van der Waals surface area contributed by atoms with Gasteiger partial charge in [-0.1, -0.05) is 0 Å². The van der Waals surface area contributed by atoms with Crippen molar-refractivity contribution in [1.82, 2.24) is 10.3 Å². The van der Waals surface area contributed by atoms with Gasteiger partial charge in [0.25, 0.3) is 0 Å². The molecule has 1 aromatic rings. The lowest BCUT2D eigenvalue weighted by molar-refractivity contribution is 0.519. The molecule has 1 N–H and O–H groups in total. The number of nitrogens with zero attached hydrogens (tertiary/aromatic N) is 2. The summed E-state index contributed by atoms with van der Waals surface area (Å²) in [5.74, 6) is 0. The maximum Gasteiger partial charge on any atom is 0.128 e. The second kappa shape index (κ2) is 5.19. The lowest BCUT2D eigenvalue weighted by Gasteiger charge is -2.21. The van der Waals surface area contributed by atoms with Crippen LogP contribution in [0.25, 0.3) is 0 Å². The molecule has 1 fully saturated rings. The van der Waals surface area contributed by atoms with Crippen LogP contribution in [-0.4, -0.2) is 27.5 Å². The molecule has 0 aromatic carbocycles. The van der Waals surface area contributed by atoms with Crippen LogP contribution in [0.2, 0.25) is 0 Å². The minimum absolute atomic E-state index is 0.169. The highest BCUT2D eigenvalue weighted by Crippen LogP contribution is 2.17. The van der Waals surface area contributed by atoms with Gasteiger partial charge in [0.05, 0.1) is 22.4 Å². The van der Waals surface area contributed by atoms with E-state index in [1.807, 2.05) is 6.07 Å². The first-order valence-corrected chi connectivity index (χ1v) is 6.50. The van der Waals surface area contributed by atoms with Crippen molar-refractivity contribution in [3.05, 3.63) is 23.9 Å². The van der Waals surface area contributed by atoms with Gasteiger partial charge >= 0.3 is 0 Å². The molecular formula is C11H13N3OS. The van der Waals surface area contributed by atoms with E-state index in [9.17, 15) is 4.21 Å². The Morgan fingerprint density at radius 2 is 2.25 bits per heavy atom. The monoisotopic (exact) mass is 235 g/mol. The molecule has 84 valence electrons. The van der Waals surface area contributed by atoms with E-state index in [1.54, 1.807) is 18.3 Å². The minimum atomic E-state index is -1.08. The quantitative estimate of drug-likeness (QED) is 0.824. The van der Waals surface area contributed by atoms with Gasteiger partial charge < -0.3 is 5.32 Å². The maximum atomic E-state index is 12.2. The molecule has 2 rings (SSSR count). The molecular weight excluding hydrogens is 222 g/mol. The second-order valence-corrected chi connectivity index (χ2v) is 5.42. The zero-order valence-electron chi connectivity index (χ0n) is 8.85. The fourth-order valence-electron chi connectivity index (χ4n) is 1.77. The van der Waals surface area contributed by atoms with Crippen molar-refractivity contribution in [2.45, 2.75) is 23.1 Å².